The monoisotopic (exact) mass is 454 g/mol. The van der Waals surface area contributed by atoms with Crippen LogP contribution in [0.1, 0.15) is 39.2 Å². The fourth-order valence-corrected chi connectivity index (χ4v) is 4.99. The number of carbonyl (C=O) groups is 1. The van der Waals surface area contributed by atoms with Crippen LogP contribution in [-0.2, 0) is 15.9 Å². The lowest BCUT2D eigenvalue weighted by Crippen LogP contribution is -2.58. The van der Waals surface area contributed by atoms with Gasteiger partial charge in [0, 0.05) is 42.5 Å². The summed E-state index contributed by atoms with van der Waals surface area (Å²) in [4.78, 5) is 16.9. The number of hydrogen-bond donors (Lipinski definition) is 0. The molecule has 1 amide bonds. The zero-order chi connectivity index (χ0) is 21.7. The van der Waals surface area contributed by atoms with Crippen LogP contribution in [0.3, 0.4) is 0 Å². The Morgan fingerprint density at radius 3 is 2.50 bits per heavy atom. The molecule has 3 rings (SSSR count). The molecule has 0 unspecified atom stereocenters. The molecule has 0 saturated carbocycles. The van der Waals surface area contributed by atoms with Crippen molar-refractivity contribution in [3.05, 3.63) is 34.9 Å². The van der Waals surface area contributed by atoms with Crippen molar-refractivity contribution in [2.24, 2.45) is 0 Å². The lowest BCUT2D eigenvalue weighted by atomic mass is 9.96. The van der Waals surface area contributed by atoms with Gasteiger partial charge in [-0.15, -0.1) is 0 Å². The molecule has 2 aliphatic rings. The van der Waals surface area contributed by atoms with Gasteiger partial charge < -0.3 is 14.4 Å². The lowest BCUT2D eigenvalue weighted by Gasteiger charge is -2.46. The van der Waals surface area contributed by atoms with Gasteiger partial charge in [-0.25, -0.2) is 4.79 Å². The van der Waals surface area contributed by atoms with Gasteiger partial charge in [-0.3, -0.25) is 4.90 Å². The van der Waals surface area contributed by atoms with E-state index in [9.17, 15) is 4.79 Å². The second-order valence-corrected chi connectivity index (χ2v) is 10.6. The summed E-state index contributed by atoms with van der Waals surface area (Å²) in [7, 11) is 0. The van der Waals surface area contributed by atoms with Crippen molar-refractivity contribution in [1.29, 1.82) is 0 Å². The quantitative estimate of drug-likeness (QED) is 0.644. The van der Waals surface area contributed by atoms with E-state index in [2.05, 4.69) is 23.3 Å². The van der Waals surface area contributed by atoms with E-state index >= 15 is 0 Å². The Balaban J connectivity index is 1.63. The molecule has 7 heteroatoms. The van der Waals surface area contributed by atoms with E-state index in [1.54, 1.807) is 0 Å². The fourth-order valence-electron chi connectivity index (χ4n) is 4.29. The minimum atomic E-state index is -0.452. The number of halogens is 1. The Bertz CT molecular complexity index is 687. The highest BCUT2D eigenvalue weighted by atomic mass is 35.5. The fraction of sp³-hybridized carbons (Fsp3) is 0.696. The summed E-state index contributed by atoms with van der Waals surface area (Å²) in [6, 6.07) is 8.96. The van der Waals surface area contributed by atoms with Gasteiger partial charge in [0.15, 0.2) is 0 Å². The number of amides is 1. The zero-order valence-corrected chi connectivity index (χ0v) is 20.2. The van der Waals surface area contributed by atoms with Gasteiger partial charge in [0.2, 0.25) is 0 Å². The van der Waals surface area contributed by atoms with Crippen LogP contribution in [0, 0.1) is 0 Å². The van der Waals surface area contributed by atoms with Gasteiger partial charge in [-0.2, -0.15) is 11.8 Å². The molecule has 0 N–H and O–H groups in total. The van der Waals surface area contributed by atoms with Crippen LogP contribution in [0.5, 0.6) is 0 Å². The third-order valence-corrected chi connectivity index (χ3v) is 6.69. The zero-order valence-electron chi connectivity index (χ0n) is 18.6. The number of hydrogen-bond acceptors (Lipinski definition) is 5. The molecule has 2 heterocycles. The Hall–Kier alpha value is -0.950. The molecule has 30 heavy (non-hydrogen) atoms. The molecule has 2 aliphatic heterocycles. The predicted molar refractivity (Wildman–Crippen MR) is 125 cm³/mol. The highest BCUT2D eigenvalue weighted by molar-refractivity contribution is 7.98. The summed E-state index contributed by atoms with van der Waals surface area (Å²) < 4.78 is 11.7. The van der Waals surface area contributed by atoms with Gasteiger partial charge in [-0.05, 0) is 64.0 Å². The predicted octanol–water partition coefficient (Wildman–Crippen LogP) is 4.71. The van der Waals surface area contributed by atoms with Crippen molar-refractivity contribution >= 4 is 29.5 Å². The summed E-state index contributed by atoms with van der Waals surface area (Å²) in [6.45, 7) is 8.95. The second kappa shape index (κ2) is 10.6. The first-order chi connectivity index (χ1) is 14.2. The molecule has 168 valence electrons. The van der Waals surface area contributed by atoms with Crippen LogP contribution in [0.2, 0.25) is 5.02 Å². The summed E-state index contributed by atoms with van der Waals surface area (Å²) in [5.74, 6) is 1.01. The summed E-state index contributed by atoms with van der Waals surface area (Å²) in [5, 5.41) is 0.769. The molecule has 2 fully saturated rings. The van der Waals surface area contributed by atoms with Crippen molar-refractivity contribution in [2.75, 3.05) is 38.2 Å². The molecule has 0 bridgehead atoms. The van der Waals surface area contributed by atoms with Crippen molar-refractivity contribution in [1.82, 2.24) is 9.80 Å². The Labute approximate surface area is 190 Å². The van der Waals surface area contributed by atoms with E-state index in [-0.39, 0.29) is 12.2 Å². The molecule has 2 saturated heterocycles. The minimum absolute atomic E-state index is 0.194. The number of thioether (sulfide) groups is 1. The average molecular weight is 455 g/mol. The maximum Gasteiger partial charge on any atom is 0.410 e. The number of nitrogens with zero attached hydrogens (tertiary/aromatic N) is 2. The maximum absolute atomic E-state index is 12.4. The van der Waals surface area contributed by atoms with Crippen molar-refractivity contribution in [3.63, 3.8) is 0 Å². The third-order valence-electron chi connectivity index (χ3n) is 5.73. The van der Waals surface area contributed by atoms with E-state index < -0.39 is 5.60 Å². The van der Waals surface area contributed by atoms with Gasteiger partial charge in [0.25, 0.3) is 0 Å². The van der Waals surface area contributed by atoms with Crippen molar-refractivity contribution in [3.8, 4) is 0 Å². The molecule has 0 radical (unpaired) electrons. The molecule has 0 aromatic heterocycles. The number of morpholine rings is 1. The molecular formula is C23H35ClN2O3S. The van der Waals surface area contributed by atoms with Crippen LogP contribution in [0.4, 0.5) is 4.79 Å². The summed E-state index contributed by atoms with van der Waals surface area (Å²) >= 11 is 7.90. The lowest BCUT2D eigenvalue weighted by molar-refractivity contribution is -0.0781. The van der Waals surface area contributed by atoms with E-state index in [0.717, 1.165) is 56.3 Å². The van der Waals surface area contributed by atoms with Crippen LogP contribution in [0.15, 0.2) is 24.3 Å². The molecule has 1 aromatic carbocycles. The number of rotatable bonds is 5. The van der Waals surface area contributed by atoms with Crippen LogP contribution < -0.4 is 0 Å². The Morgan fingerprint density at radius 1 is 1.23 bits per heavy atom. The molecular weight excluding hydrogens is 420 g/mol. The molecule has 2 atom stereocenters. The van der Waals surface area contributed by atoms with Crippen molar-refractivity contribution in [2.45, 2.75) is 63.8 Å². The summed E-state index contributed by atoms with van der Waals surface area (Å²) in [5.41, 5.74) is 0.833. The first-order valence-corrected chi connectivity index (χ1v) is 12.6. The standard InChI is InChI=1S/C23H35ClN2O3S/c1-23(2,3)29-22(27)25-11-9-19(10-12-25)26-14-21(16-30-4)28-15-20(26)13-17-5-7-18(24)8-6-17/h5-8,19-21H,9-16H2,1-4H3/t20-,21+/m0/s1. The van der Waals surface area contributed by atoms with E-state index in [0.29, 0.717) is 12.1 Å². The van der Waals surface area contributed by atoms with Crippen LogP contribution in [0.25, 0.3) is 0 Å². The first kappa shape index (κ1) is 23.7. The third kappa shape index (κ3) is 6.78. The minimum Gasteiger partial charge on any atom is -0.444 e. The molecule has 0 spiro atoms. The first-order valence-electron chi connectivity index (χ1n) is 10.8. The van der Waals surface area contributed by atoms with Gasteiger partial charge in [0.1, 0.15) is 5.60 Å². The number of likely N-dealkylation sites (tertiary alicyclic amines) is 1. The highest BCUT2D eigenvalue weighted by Gasteiger charge is 2.36. The topological polar surface area (TPSA) is 42.0 Å². The van der Waals surface area contributed by atoms with E-state index in [1.807, 2.05) is 49.6 Å². The second-order valence-electron chi connectivity index (χ2n) is 9.29. The Morgan fingerprint density at radius 2 is 1.90 bits per heavy atom. The van der Waals surface area contributed by atoms with Gasteiger partial charge in [-0.1, -0.05) is 23.7 Å². The van der Waals surface area contributed by atoms with E-state index in [1.165, 1.54) is 5.56 Å². The van der Waals surface area contributed by atoms with Gasteiger partial charge >= 0.3 is 6.09 Å². The van der Waals surface area contributed by atoms with Crippen molar-refractivity contribution < 1.29 is 14.3 Å². The molecule has 5 nitrogen and oxygen atoms in total. The molecule has 0 aliphatic carbocycles. The average Bonchev–Trinajstić information content (AvgIpc) is 2.70. The van der Waals surface area contributed by atoms with Gasteiger partial charge in [0.05, 0.1) is 12.7 Å². The van der Waals surface area contributed by atoms with Crippen LogP contribution in [-0.4, -0.2) is 77.9 Å². The molecule has 1 aromatic rings. The number of piperidine rings is 1. The SMILES string of the molecule is CSC[C@H]1CN(C2CCN(C(=O)OC(C)(C)C)CC2)[C@@H](Cc2ccc(Cl)cc2)CO1. The largest absolute Gasteiger partial charge is 0.444 e. The van der Waals surface area contributed by atoms with E-state index in [4.69, 9.17) is 21.1 Å². The Kier molecular flexibility index (Phi) is 8.36. The number of benzene rings is 1. The maximum atomic E-state index is 12.4. The number of ether oxygens (including phenoxy) is 2. The van der Waals surface area contributed by atoms with Crippen LogP contribution >= 0.6 is 23.4 Å². The summed E-state index contributed by atoms with van der Waals surface area (Å²) in [6.07, 6.45) is 5.11. The smallest absolute Gasteiger partial charge is 0.410 e. The highest BCUT2D eigenvalue weighted by Crippen LogP contribution is 2.27. The number of carbonyl (C=O) groups excluding carboxylic acids is 1. The normalized spacial score (nSPS) is 24.1.